The molecule has 0 aliphatic rings. The second-order valence-corrected chi connectivity index (χ2v) is 9.62. The Balaban J connectivity index is 0. The lowest BCUT2D eigenvalue weighted by atomic mass is 10.1. The van der Waals surface area contributed by atoms with Crippen molar-refractivity contribution >= 4 is 18.0 Å². The van der Waals surface area contributed by atoms with E-state index in [1.807, 2.05) is 0 Å². The van der Waals surface area contributed by atoms with Crippen LogP contribution in [0.5, 0.6) is 0 Å². The van der Waals surface area contributed by atoms with Gasteiger partial charge in [0.05, 0.1) is 13.2 Å². The third-order valence-corrected chi connectivity index (χ3v) is 5.94. The number of carboxylic acid groups (broad SMARTS) is 1. The van der Waals surface area contributed by atoms with E-state index >= 15 is 0 Å². The Kier molecular flexibility index (Phi) is 32.5. The Hall–Kier alpha value is -1.83. The van der Waals surface area contributed by atoms with Crippen molar-refractivity contribution in [3.8, 4) is 0 Å². The monoisotopic (exact) mass is 530 g/mol. The van der Waals surface area contributed by atoms with Crippen LogP contribution in [-0.4, -0.2) is 49.4 Å². The van der Waals surface area contributed by atoms with E-state index in [0.29, 0.717) is 32.6 Å². The van der Waals surface area contributed by atoms with Gasteiger partial charge in [-0.3, -0.25) is 9.59 Å². The van der Waals surface area contributed by atoms with Crippen LogP contribution in [0.3, 0.4) is 0 Å². The molecular weight excluding hydrogens is 472 g/mol. The second kappa shape index (κ2) is 32.2. The van der Waals surface area contributed by atoms with E-state index in [-0.39, 0.29) is 11.9 Å². The summed E-state index contributed by atoms with van der Waals surface area (Å²) in [5, 5.41) is 10.7. The number of ether oxygens (including phenoxy) is 2. The summed E-state index contributed by atoms with van der Waals surface area (Å²) in [6.45, 7) is 6.60. The molecule has 0 spiro atoms. The van der Waals surface area contributed by atoms with Crippen LogP contribution < -0.4 is 11.1 Å². The molecule has 0 heterocycles. The van der Waals surface area contributed by atoms with E-state index in [0.717, 1.165) is 70.8 Å². The van der Waals surface area contributed by atoms with Gasteiger partial charge < -0.3 is 25.6 Å². The summed E-state index contributed by atoms with van der Waals surface area (Å²) in [6, 6.07) is 0. The predicted molar refractivity (Wildman–Crippen MR) is 151 cm³/mol. The third kappa shape index (κ3) is 36.4. The summed E-state index contributed by atoms with van der Waals surface area (Å²) in [7, 11) is 0. The number of rotatable bonds is 25. The number of unbranched alkanes of at least 4 members (excludes halogenated alkanes) is 14. The number of carbonyl (C=O) groups excluding carboxylic acids is 2. The lowest BCUT2D eigenvalue weighted by Crippen LogP contribution is -2.21. The van der Waals surface area contributed by atoms with Crippen LogP contribution in [0, 0.1) is 0 Å². The first kappa shape index (κ1) is 37.3. The van der Waals surface area contributed by atoms with Gasteiger partial charge in [-0.1, -0.05) is 78.1 Å². The fourth-order valence-electron chi connectivity index (χ4n) is 3.64. The van der Waals surface area contributed by atoms with Crippen LogP contribution in [0.1, 0.15) is 142 Å². The fraction of sp³-hybridized carbons (Fsp3) is 0.897. The maximum Gasteiger partial charge on any atom is 0.404 e. The number of nitrogens with two attached hydrogens (primary N) is 1. The van der Waals surface area contributed by atoms with Gasteiger partial charge >= 0.3 is 18.0 Å². The maximum atomic E-state index is 11.4. The molecule has 4 N–H and O–H groups in total. The summed E-state index contributed by atoms with van der Waals surface area (Å²) in [5.41, 5.74) is 5.38. The van der Waals surface area contributed by atoms with Crippen LogP contribution in [0.4, 0.5) is 4.79 Å². The predicted octanol–water partition coefficient (Wildman–Crippen LogP) is 7.13. The molecule has 8 nitrogen and oxygen atoms in total. The highest BCUT2D eigenvalue weighted by atomic mass is 16.5. The van der Waals surface area contributed by atoms with Gasteiger partial charge in [0.25, 0.3) is 0 Å². The normalized spacial score (nSPS) is 10.4. The van der Waals surface area contributed by atoms with Crippen LogP contribution in [0.2, 0.25) is 0 Å². The van der Waals surface area contributed by atoms with Crippen LogP contribution in [0.25, 0.3) is 0 Å². The number of esters is 2. The average Bonchev–Trinajstić information content (AvgIpc) is 2.87. The van der Waals surface area contributed by atoms with Crippen molar-refractivity contribution in [3.63, 3.8) is 0 Å². The first-order valence-corrected chi connectivity index (χ1v) is 15.0. The van der Waals surface area contributed by atoms with Crippen molar-refractivity contribution in [2.45, 2.75) is 142 Å². The summed E-state index contributed by atoms with van der Waals surface area (Å²) in [6.07, 6.45) is 19.8. The molecule has 1 amide bonds. The van der Waals surface area contributed by atoms with Gasteiger partial charge in [-0.2, -0.15) is 0 Å². The molecule has 0 unspecified atom stereocenters. The zero-order valence-electron chi connectivity index (χ0n) is 24.0. The summed E-state index contributed by atoms with van der Waals surface area (Å²) >= 11 is 0. The van der Waals surface area contributed by atoms with Gasteiger partial charge in [-0.05, 0) is 57.9 Å². The molecule has 37 heavy (non-hydrogen) atoms. The molecule has 0 aromatic heterocycles. The Morgan fingerprint density at radius 2 is 1.00 bits per heavy atom. The van der Waals surface area contributed by atoms with Crippen LogP contribution in [0.15, 0.2) is 0 Å². The molecule has 0 bridgehead atoms. The van der Waals surface area contributed by atoms with Crippen molar-refractivity contribution < 1.29 is 29.0 Å². The highest BCUT2D eigenvalue weighted by Gasteiger charge is 2.03. The van der Waals surface area contributed by atoms with Gasteiger partial charge in [-0.25, -0.2) is 4.79 Å². The Morgan fingerprint density at radius 3 is 1.43 bits per heavy atom. The molecule has 0 fully saturated rings. The Morgan fingerprint density at radius 1 is 0.595 bits per heavy atom. The van der Waals surface area contributed by atoms with Gasteiger partial charge in [0.15, 0.2) is 0 Å². The van der Waals surface area contributed by atoms with Gasteiger partial charge in [0, 0.05) is 19.4 Å². The molecule has 0 aliphatic carbocycles. The van der Waals surface area contributed by atoms with Crippen LogP contribution in [-0.2, 0) is 19.1 Å². The fourth-order valence-corrected chi connectivity index (χ4v) is 3.64. The lowest BCUT2D eigenvalue weighted by molar-refractivity contribution is -0.144. The molecule has 0 radical (unpaired) electrons. The minimum atomic E-state index is -0.990. The van der Waals surface area contributed by atoms with E-state index in [4.69, 9.17) is 20.3 Å². The standard InChI is InChI=1S/C15H29NO4.C14H29NO2/c1-2-3-4-5-6-8-11-14(17)20-13-10-7-9-12-16-15(18)19;1-2-3-4-5-6-8-11-14(16)17-13-10-7-9-12-15/h16H,2-13H2,1H3,(H,18,19);2-13,15H2,1H3. The van der Waals surface area contributed by atoms with Crippen molar-refractivity contribution in [1.82, 2.24) is 5.32 Å². The number of nitrogens with one attached hydrogen (secondary N) is 1. The Bertz CT molecular complexity index is 517. The second-order valence-electron chi connectivity index (χ2n) is 9.62. The first-order valence-electron chi connectivity index (χ1n) is 15.0. The molecule has 0 aliphatic heterocycles. The smallest absolute Gasteiger partial charge is 0.404 e. The SMILES string of the molecule is CCCCCCCCC(=O)OCCCCCN.CCCCCCCCC(=O)OCCCCCNC(=O)O. The highest BCUT2D eigenvalue weighted by molar-refractivity contribution is 5.69. The molecule has 0 aromatic rings. The highest BCUT2D eigenvalue weighted by Crippen LogP contribution is 2.09. The van der Waals surface area contributed by atoms with Gasteiger partial charge in [-0.15, -0.1) is 0 Å². The molecule has 0 atom stereocenters. The molecular formula is C29H58N2O6. The van der Waals surface area contributed by atoms with Crippen molar-refractivity contribution in [3.05, 3.63) is 0 Å². The average molecular weight is 531 g/mol. The number of carbonyl (C=O) groups is 3. The topological polar surface area (TPSA) is 128 Å². The minimum absolute atomic E-state index is 0.0340. The lowest BCUT2D eigenvalue weighted by Gasteiger charge is -2.05. The summed E-state index contributed by atoms with van der Waals surface area (Å²) in [4.78, 5) is 32.9. The zero-order chi connectivity index (χ0) is 27.8. The third-order valence-electron chi connectivity index (χ3n) is 5.94. The van der Waals surface area contributed by atoms with Gasteiger partial charge in [0.2, 0.25) is 0 Å². The molecule has 8 heteroatoms. The quantitative estimate of drug-likeness (QED) is 0.0846. The van der Waals surface area contributed by atoms with Crippen molar-refractivity contribution in [2.75, 3.05) is 26.3 Å². The largest absolute Gasteiger partial charge is 0.466 e. The van der Waals surface area contributed by atoms with E-state index in [1.54, 1.807) is 0 Å². The number of hydrogen-bond acceptors (Lipinski definition) is 6. The molecule has 0 rings (SSSR count). The maximum absolute atomic E-state index is 11.4. The number of hydrogen-bond donors (Lipinski definition) is 3. The first-order chi connectivity index (χ1) is 18.0. The molecule has 0 saturated carbocycles. The molecule has 0 aromatic carbocycles. The van der Waals surface area contributed by atoms with Gasteiger partial charge in [0.1, 0.15) is 0 Å². The van der Waals surface area contributed by atoms with E-state index in [9.17, 15) is 14.4 Å². The molecule has 0 saturated heterocycles. The van der Waals surface area contributed by atoms with E-state index < -0.39 is 6.09 Å². The summed E-state index contributed by atoms with van der Waals surface area (Å²) < 4.78 is 10.3. The number of amides is 1. The van der Waals surface area contributed by atoms with E-state index in [1.165, 1.54) is 51.4 Å². The van der Waals surface area contributed by atoms with Crippen LogP contribution >= 0.6 is 0 Å². The molecule has 220 valence electrons. The summed E-state index contributed by atoms with van der Waals surface area (Å²) in [5.74, 6) is -0.141. The minimum Gasteiger partial charge on any atom is -0.466 e. The van der Waals surface area contributed by atoms with E-state index in [2.05, 4.69) is 19.2 Å². The van der Waals surface area contributed by atoms with Crippen molar-refractivity contribution in [1.29, 1.82) is 0 Å². The van der Waals surface area contributed by atoms with Crippen molar-refractivity contribution in [2.24, 2.45) is 5.73 Å². The zero-order valence-corrected chi connectivity index (χ0v) is 24.0. The Labute approximate surface area is 226 Å².